The van der Waals surface area contributed by atoms with Crippen LogP contribution in [0.5, 0.6) is 0 Å². The topological polar surface area (TPSA) is 132 Å². The zero-order valence-electron chi connectivity index (χ0n) is 22.5. The van der Waals surface area contributed by atoms with E-state index >= 15 is 0 Å². The Labute approximate surface area is 227 Å². The van der Waals surface area contributed by atoms with Crippen LogP contribution in [0.3, 0.4) is 0 Å². The lowest BCUT2D eigenvalue weighted by Gasteiger charge is -2.22. The first-order chi connectivity index (χ1) is 18.6. The molecule has 3 aromatic rings. The largest absolute Gasteiger partial charge is 0.481 e. The highest BCUT2D eigenvalue weighted by Gasteiger charge is 2.35. The molecule has 1 saturated carbocycles. The zero-order chi connectivity index (χ0) is 27.7. The summed E-state index contributed by atoms with van der Waals surface area (Å²) in [5, 5.41) is 15.1. The zero-order valence-corrected chi connectivity index (χ0v) is 23.5. The molecule has 39 heavy (non-hydrogen) atoms. The summed E-state index contributed by atoms with van der Waals surface area (Å²) >= 11 is 0. The second kappa shape index (κ2) is 10.9. The van der Waals surface area contributed by atoms with Crippen molar-refractivity contribution in [3.05, 3.63) is 36.9 Å². The van der Waals surface area contributed by atoms with Gasteiger partial charge in [-0.2, -0.15) is 5.10 Å². The molecule has 0 bridgehead atoms. The minimum absolute atomic E-state index is 0.101. The molecule has 5 rings (SSSR count). The highest BCUT2D eigenvalue weighted by Crippen LogP contribution is 2.40. The van der Waals surface area contributed by atoms with Gasteiger partial charge in [-0.25, -0.2) is 14.9 Å². The van der Waals surface area contributed by atoms with Crippen molar-refractivity contribution in [1.82, 2.24) is 24.3 Å². The van der Waals surface area contributed by atoms with Crippen LogP contribution in [0.15, 0.2) is 36.9 Å². The van der Waals surface area contributed by atoms with Gasteiger partial charge in [0.15, 0.2) is 5.82 Å². The molecule has 4 heterocycles. The van der Waals surface area contributed by atoms with Crippen molar-refractivity contribution in [2.24, 2.45) is 5.92 Å². The number of hydrogen-bond acceptors (Lipinski definition) is 7. The van der Waals surface area contributed by atoms with Gasteiger partial charge in [0.2, 0.25) is 0 Å². The number of nitrogens with zero attached hydrogens (tertiary/aromatic N) is 6. The smallest absolute Gasteiger partial charge is 0.305 e. The molecule has 0 radical (unpaired) electrons. The standard InChI is InChI=1S/C27H34N6O5Si/c1-39(2,3)13-12-38-17-31-11-10-19-25(28-16-29-26(19)31)20-15-32(21(14-24(36)37)18-6-4-5-7-18)30-27(20)33-22(34)8-9-23(33)35/h8-11,15-16,18,21H,4-7,12-14,17H2,1-3H3,(H,36,37). The highest BCUT2D eigenvalue weighted by molar-refractivity contribution is 6.76. The van der Waals surface area contributed by atoms with Crippen LogP contribution in [0.4, 0.5) is 5.82 Å². The number of ether oxygens (including phenoxy) is 1. The molecule has 12 heteroatoms. The maximum absolute atomic E-state index is 12.7. The summed E-state index contributed by atoms with van der Waals surface area (Å²) in [5.74, 6) is -1.63. The molecule has 1 N–H and O–H groups in total. The van der Waals surface area contributed by atoms with Crippen LogP contribution in [0, 0.1) is 5.92 Å². The fraction of sp³-hybridized carbons (Fsp3) is 0.481. The van der Waals surface area contributed by atoms with Gasteiger partial charge in [-0.1, -0.05) is 32.5 Å². The number of amides is 2. The number of carboxylic acids is 1. The molecule has 3 aromatic heterocycles. The third kappa shape index (κ3) is 5.71. The fourth-order valence-corrected chi connectivity index (χ4v) is 6.11. The van der Waals surface area contributed by atoms with Gasteiger partial charge in [0.1, 0.15) is 18.7 Å². The van der Waals surface area contributed by atoms with E-state index in [9.17, 15) is 19.5 Å². The Balaban J connectivity index is 1.55. The predicted octanol–water partition coefficient (Wildman–Crippen LogP) is 4.24. The van der Waals surface area contributed by atoms with Crippen LogP contribution in [-0.2, 0) is 25.9 Å². The molecule has 1 aliphatic heterocycles. The molecule has 2 aliphatic rings. The number of anilines is 1. The Morgan fingerprint density at radius 1 is 1.15 bits per heavy atom. The SMILES string of the molecule is C[Si](C)(C)CCOCn1ccc2c(-c3cn(C(CC(=O)O)C4CCCC4)nc3N3C(=O)C=CC3=O)ncnc21. The molecular weight excluding hydrogens is 516 g/mol. The Morgan fingerprint density at radius 3 is 2.54 bits per heavy atom. The van der Waals surface area contributed by atoms with Crippen molar-refractivity contribution in [3.8, 4) is 11.3 Å². The number of imide groups is 1. The number of aliphatic carboxylic acids is 1. The second-order valence-electron chi connectivity index (χ2n) is 11.5. The van der Waals surface area contributed by atoms with E-state index in [2.05, 4.69) is 34.7 Å². The lowest BCUT2D eigenvalue weighted by Crippen LogP contribution is -2.31. The van der Waals surface area contributed by atoms with Crippen LogP contribution in [0.1, 0.15) is 38.1 Å². The number of rotatable bonds is 11. The van der Waals surface area contributed by atoms with Crippen molar-refractivity contribution in [3.63, 3.8) is 0 Å². The monoisotopic (exact) mass is 550 g/mol. The lowest BCUT2D eigenvalue weighted by molar-refractivity contribution is -0.138. The van der Waals surface area contributed by atoms with E-state index in [1.807, 2.05) is 16.8 Å². The first-order valence-electron chi connectivity index (χ1n) is 13.4. The second-order valence-corrected chi connectivity index (χ2v) is 17.1. The summed E-state index contributed by atoms with van der Waals surface area (Å²) in [6.07, 6.45) is 11.2. The van der Waals surface area contributed by atoms with Crippen LogP contribution in [0.25, 0.3) is 22.3 Å². The van der Waals surface area contributed by atoms with E-state index in [1.165, 1.54) is 18.5 Å². The summed E-state index contributed by atoms with van der Waals surface area (Å²) in [6.45, 7) is 7.92. The molecule has 0 saturated heterocycles. The number of carbonyl (C=O) groups is 3. The van der Waals surface area contributed by atoms with Gasteiger partial charge in [-0.15, -0.1) is 0 Å². The van der Waals surface area contributed by atoms with Gasteiger partial charge in [0.05, 0.1) is 23.7 Å². The van der Waals surface area contributed by atoms with Gasteiger partial charge in [0, 0.05) is 44.6 Å². The van der Waals surface area contributed by atoms with Gasteiger partial charge < -0.3 is 14.4 Å². The Morgan fingerprint density at radius 2 is 1.87 bits per heavy atom. The summed E-state index contributed by atoms with van der Waals surface area (Å²) < 4.78 is 9.45. The molecule has 11 nitrogen and oxygen atoms in total. The Bertz CT molecular complexity index is 1410. The van der Waals surface area contributed by atoms with Crippen molar-refractivity contribution >= 4 is 42.7 Å². The van der Waals surface area contributed by atoms with E-state index in [-0.39, 0.29) is 18.2 Å². The van der Waals surface area contributed by atoms with Gasteiger partial charge in [-0.05, 0) is 30.9 Å². The molecule has 1 fully saturated rings. The molecule has 2 amide bonds. The summed E-state index contributed by atoms with van der Waals surface area (Å²) in [4.78, 5) is 47.2. The maximum atomic E-state index is 12.7. The summed E-state index contributed by atoms with van der Waals surface area (Å²) in [5.41, 5.74) is 1.63. The number of carbonyl (C=O) groups excluding carboxylic acids is 2. The molecular formula is C27H34N6O5Si. The van der Waals surface area contributed by atoms with E-state index < -0.39 is 31.9 Å². The molecule has 1 atom stereocenters. The molecule has 1 unspecified atom stereocenters. The van der Waals surface area contributed by atoms with Gasteiger partial charge in [-0.3, -0.25) is 19.1 Å². The minimum Gasteiger partial charge on any atom is -0.481 e. The summed E-state index contributed by atoms with van der Waals surface area (Å²) in [7, 11) is -1.21. The molecule has 206 valence electrons. The third-order valence-electron chi connectivity index (χ3n) is 7.44. The van der Waals surface area contributed by atoms with Crippen LogP contribution >= 0.6 is 0 Å². The van der Waals surface area contributed by atoms with E-state index in [0.29, 0.717) is 30.2 Å². The van der Waals surface area contributed by atoms with Crippen molar-refractivity contribution in [1.29, 1.82) is 0 Å². The highest BCUT2D eigenvalue weighted by atomic mass is 28.3. The maximum Gasteiger partial charge on any atom is 0.305 e. The lowest BCUT2D eigenvalue weighted by atomic mass is 9.95. The van der Waals surface area contributed by atoms with Gasteiger partial charge in [0.25, 0.3) is 11.8 Å². The Hall–Kier alpha value is -3.64. The van der Waals surface area contributed by atoms with E-state index in [4.69, 9.17) is 4.74 Å². The first kappa shape index (κ1) is 26.9. The normalized spacial score (nSPS) is 17.2. The first-order valence-corrected chi connectivity index (χ1v) is 17.1. The average molecular weight is 551 g/mol. The van der Waals surface area contributed by atoms with Crippen molar-refractivity contribution in [2.45, 2.75) is 70.6 Å². The van der Waals surface area contributed by atoms with Crippen molar-refractivity contribution in [2.75, 3.05) is 11.5 Å². The Kier molecular flexibility index (Phi) is 7.50. The molecule has 1 aliphatic carbocycles. The minimum atomic E-state index is -1.21. The number of carboxylic acid groups (broad SMARTS) is 1. The van der Waals surface area contributed by atoms with Crippen LogP contribution in [0.2, 0.25) is 25.7 Å². The number of hydrogen-bond donors (Lipinski definition) is 1. The number of aromatic nitrogens is 5. The van der Waals surface area contributed by atoms with Crippen molar-refractivity contribution < 1.29 is 24.2 Å². The quantitative estimate of drug-likeness (QED) is 0.213. The molecule has 0 aromatic carbocycles. The van der Waals surface area contributed by atoms with Crippen LogP contribution in [-0.4, -0.2) is 61.9 Å². The molecule has 0 spiro atoms. The van der Waals surface area contributed by atoms with Crippen LogP contribution < -0.4 is 4.90 Å². The fourth-order valence-electron chi connectivity index (χ4n) is 5.35. The average Bonchev–Trinajstić information content (AvgIpc) is 3.67. The predicted molar refractivity (Wildman–Crippen MR) is 148 cm³/mol. The van der Waals surface area contributed by atoms with Gasteiger partial charge >= 0.3 is 5.97 Å². The third-order valence-corrected chi connectivity index (χ3v) is 9.14. The summed E-state index contributed by atoms with van der Waals surface area (Å²) in [6, 6.07) is 2.53. The van der Waals surface area contributed by atoms with E-state index in [1.54, 1.807) is 10.9 Å². The number of fused-ring (bicyclic) bond motifs is 1. The van der Waals surface area contributed by atoms with E-state index in [0.717, 1.165) is 42.0 Å².